The van der Waals surface area contributed by atoms with Crippen molar-refractivity contribution >= 4 is 17.2 Å². The SMILES string of the molecule is CCc1noc(C)c1C(=O)NCC(c1cccs1)N1CCOCC1. The summed E-state index contributed by atoms with van der Waals surface area (Å²) in [6, 6.07) is 4.34. The zero-order valence-corrected chi connectivity index (χ0v) is 14.9. The maximum absolute atomic E-state index is 12.6. The Morgan fingerprint density at radius 1 is 1.46 bits per heavy atom. The molecular weight excluding hydrogens is 326 g/mol. The highest BCUT2D eigenvalue weighted by molar-refractivity contribution is 7.10. The highest BCUT2D eigenvalue weighted by atomic mass is 32.1. The molecule has 1 aliphatic rings. The minimum absolute atomic E-state index is 0.111. The van der Waals surface area contributed by atoms with Crippen LogP contribution in [0.25, 0.3) is 0 Å². The molecule has 3 heterocycles. The van der Waals surface area contributed by atoms with Gasteiger partial charge in [0, 0.05) is 24.5 Å². The van der Waals surface area contributed by atoms with E-state index in [2.05, 4.69) is 32.9 Å². The first-order chi connectivity index (χ1) is 11.7. The van der Waals surface area contributed by atoms with Gasteiger partial charge in [-0.05, 0) is 24.8 Å². The third kappa shape index (κ3) is 3.68. The maximum Gasteiger partial charge on any atom is 0.256 e. The van der Waals surface area contributed by atoms with Crippen LogP contribution in [0.5, 0.6) is 0 Å². The van der Waals surface area contributed by atoms with E-state index in [1.54, 1.807) is 18.3 Å². The quantitative estimate of drug-likeness (QED) is 0.867. The van der Waals surface area contributed by atoms with Crippen molar-refractivity contribution in [2.45, 2.75) is 26.3 Å². The summed E-state index contributed by atoms with van der Waals surface area (Å²) in [7, 11) is 0. The summed E-state index contributed by atoms with van der Waals surface area (Å²) in [6.45, 7) is 7.54. The molecule has 1 fully saturated rings. The number of hydrogen-bond donors (Lipinski definition) is 1. The van der Waals surface area contributed by atoms with Gasteiger partial charge in [-0.3, -0.25) is 9.69 Å². The summed E-state index contributed by atoms with van der Waals surface area (Å²) < 4.78 is 10.6. The van der Waals surface area contributed by atoms with E-state index in [1.807, 2.05) is 6.92 Å². The van der Waals surface area contributed by atoms with Crippen LogP contribution in [0, 0.1) is 6.92 Å². The molecule has 6 nitrogen and oxygen atoms in total. The Kier molecular flexibility index (Phi) is 5.65. The Morgan fingerprint density at radius 3 is 2.92 bits per heavy atom. The topological polar surface area (TPSA) is 67.6 Å². The summed E-state index contributed by atoms with van der Waals surface area (Å²) in [5.41, 5.74) is 1.29. The van der Waals surface area contributed by atoms with E-state index in [1.165, 1.54) is 4.88 Å². The average Bonchev–Trinajstić information content (AvgIpc) is 3.25. The lowest BCUT2D eigenvalue weighted by molar-refractivity contribution is 0.0169. The number of rotatable bonds is 6. The van der Waals surface area contributed by atoms with Gasteiger partial charge in [-0.15, -0.1) is 11.3 Å². The standard InChI is InChI=1S/C17H23N3O3S/c1-3-13-16(12(2)23-19-13)17(21)18-11-14(15-5-4-10-24-15)20-6-8-22-9-7-20/h4-5,10,14H,3,6-9,11H2,1-2H3,(H,18,21). The number of morpholine rings is 1. The molecule has 0 radical (unpaired) electrons. The fourth-order valence-corrected chi connectivity index (χ4v) is 3.87. The third-order valence-electron chi connectivity index (χ3n) is 4.31. The fraction of sp³-hybridized carbons (Fsp3) is 0.529. The molecule has 1 amide bonds. The van der Waals surface area contributed by atoms with Gasteiger partial charge in [0.15, 0.2) is 0 Å². The molecule has 7 heteroatoms. The summed E-state index contributed by atoms with van der Waals surface area (Å²) in [6.07, 6.45) is 0.678. The molecule has 1 aliphatic heterocycles. The molecule has 24 heavy (non-hydrogen) atoms. The van der Waals surface area contributed by atoms with Gasteiger partial charge < -0.3 is 14.6 Å². The Balaban J connectivity index is 1.71. The van der Waals surface area contributed by atoms with Crippen LogP contribution >= 0.6 is 11.3 Å². The second-order valence-electron chi connectivity index (χ2n) is 5.80. The second kappa shape index (κ2) is 7.92. The first-order valence-corrected chi connectivity index (χ1v) is 9.17. The zero-order valence-electron chi connectivity index (χ0n) is 14.1. The van der Waals surface area contributed by atoms with Gasteiger partial charge in [0.25, 0.3) is 5.91 Å². The molecule has 130 valence electrons. The lowest BCUT2D eigenvalue weighted by atomic mass is 10.1. The largest absolute Gasteiger partial charge is 0.379 e. The summed E-state index contributed by atoms with van der Waals surface area (Å²) >= 11 is 1.72. The number of carbonyl (C=O) groups is 1. The van der Waals surface area contributed by atoms with Crippen LogP contribution in [-0.2, 0) is 11.2 Å². The highest BCUT2D eigenvalue weighted by Crippen LogP contribution is 2.25. The van der Waals surface area contributed by atoms with Gasteiger partial charge in [-0.1, -0.05) is 18.1 Å². The monoisotopic (exact) mass is 349 g/mol. The molecule has 0 spiro atoms. The highest BCUT2D eigenvalue weighted by Gasteiger charge is 2.25. The minimum Gasteiger partial charge on any atom is -0.379 e. The first-order valence-electron chi connectivity index (χ1n) is 8.29. The molecule has 3 rings (SSSR count). The van der Waals surface area contributed by atoms with Crippen molar-refractivity contribution in [3.8, 4) is 0 Å². The van der Waals surface area contributed by atoms with Crippen LogP contribution in [-0.4, -0.2) is 48.8 Å². The van der Waals surface area contributed by atoms with Crippen molar-refractivity contribution in [1.82, 2.24) is 15.4 Å². The first kappa shape index (κ1) is 17.1. The molecule has 1 atom stereocenters. The predicted octanol–water partition coefficient (Wildman–Crippen LogP) is 2.41. The molecule has 1 saturated heterocycles. The van der Waals surface area contributed by atoms with Crippen LogP contribution in [0.2, 0.25) is 0 Å². The molecule has 1 N–H and O–H groups in total. The molecular formula is C17H23N3O3S. The Morgan fingerprint density at radius 2 is 2.25 bits per heavy atom. The van der Waals surface area contributed by atoms with Gasteiger partial charge in [0.05, 0.1) is 24.9 Å². The number of aryl methyl sites for hydroxylation is 2. The molecule has 0 bridgehead atoms. The van der Waals surface area contributed by atoms with E-state index in [9.17, 15) is 4.79 Å². The number of hydrogen-bond acceptors (Lipinski definition) is 6. The van der Waals surface area contributed by atoms with E-state index in [0.29, 0.717) is 30.0 Å². The summed E-state index contributed by atoms with van der Waals surface area (Å²) in [5.74, 6) is 0.462. The minimum atomic E-state index is -0.111. The van der Waals surface area contributed by atoms with E-state index in [4.69, 9.17) is 9.26 Å². The molecule has 0 aromatic carbocycles. The second-order valence-corrected chi connectivity index (χ2v) is 6.78. The number of thiophene rings is 1. The Labute approximate surface area is 145 Å². The van der Waals surface area contributed by atoms with Crippen molar-refractivity contribution in [3.05, 3.63) is 39.4 Å². The van der Waals surface area contributed by atoms with Gasteiger partial charge >= 0.3 is 0 Å². The zero-order chi connectivity index (χ0) is 16.9. The molecule has 0 saturated carbocycles. The van der Waals surface area contributed by atoms with Crippen LogP contribution in [0.3, 0.4) is 0 Å². The number of nitrogens with one attached hydrogen (secondary N) is 1. The maximum atomic E-state index is 12.6. The normalized spacial score (nSPS) is 16.9. The molecule has 2 aromatic rings. The average molecular weight is 349 g/mol. The van der Waals surface area contributed by atoms with E-state index >= 15 is 0 Å². The lowest BCUT2D eigenvalue weighted by Crippen LogP contribution is -2.43. The summed E-state index contributed by atoms with van der Waals surface area (Å²) in [5, 5.41) is 9.11. The third-order valence-corrected chi connectivity index (χ3v) is 5.28. The molecule has 0 aliphatic carbocycles. The van der Waals surface area contributed by atoms with E-state index < -0.39 is 0 Å². The van der Waals surface area contributed by atoms with E-state index in [-0.39, 0.29) is 11.9 Å². The molecule has 2 aromatic heterocycles. The van der Waals surface area contributed by atoms with Crippen molar-refractivity contribution in [3.63, 3.8) is 0 Å². The number of carbonyl (C=O) groups excluding carboxylic acids is 1. The number of ether oxygens (including phenoxy) is 1. The number of nitrogens with zero attached hydrogens (tertiary/aromatic N) is 2. The Hall–Kier alpha value is -1.70. The number of amides is 1. The van der Waals surface area contributed by atoms with Crippen LogP contribution in [0.4, 0.5) is 0 Å². The van der Waals surface area contributed by atoms with Crippen LogP contribution in [0.1, 0.15) is 39.7 Å². The molecule has 1 unspecified atom stereocenters. The van der Waals surface area contributed by atoms with E-state index in [0.717, 1.165) is 26.3 Å². The van der Waals surface area contributed by atoms with Gasteiger partial charge in [0.2, 0.25) is 0 Å². The van der Waals surface area contributed by atoms with Gasteiger partial charge in [0.1, 0.15) is 11.3 Å². The Bertz CT molecular complexity index is 663. The van der Waals surface area contributed by atoms with Crippen molar-refractivity contribution < 1.29 is 14.1 Å². The summed E-state index contributed by atoms with van der Waals surface area (Å²) in [4.78, 5) is 16.2. The van der Waals surface area contributed by atoms with Crippen molar-refractivity contribution in [2.75, 3.05) is 32.8 Å². The smallest absolute Gasteiger partial charge is 0.256 e. The number of aromatic nitrogens is 1. The van der Waals surface area contributed by atoms with Crippen LogP contribution < -0.4 is 5.32 Å². The van der Waals surface area contributed by atoms with Crippen molar-refractivity contribution in [1.29, 1.82) is 0 Å². The predicted molar refractivity (Wildman–Crippen MR) is 92.4 cm³/mol. The fourth-order valence-electron chi connectivity index (χ4n) is 3.01. The van der Waals surface area contributed by atoms with Crippen LogP contribution in [0.15, 0.2) is 22.0 Å². The lowest BCUT2D eigenvalue weighted by Gasteiger charge is -2.34. The van der Waals surface area contributed by atoms with Gasteiger partial charge in [-0.25, -0.2) is 0 Å². The van der Waals surface area contributed by atoms with Crippen molar-refractivity contribution in [2.24, 2.45) is 0 Å². The van der Waals surface area contributed by atoms with Gasteiger partial charge in [-0.2, -0.15) is 0 Å².